The molecule has 6 heteroatoms. The molecule has 1 saturated heterocycles. The Labute approximate surface area is 164 Å². The van der Waals surface area contributed by atoms with Crippen molar-refractivity contribution in [3.8, 4) is 0 Å². The van der Waals surface area contributed by atoms with Crippen LogP contribution in [0.4, 0.5) is 0 Å². The molecule has 0 bridgehead atoms. The van der Waals surface area contributed by atoms with Crippen LogP contribution in [0.2, 0.25) is 0 Å². The van der Waals surface area contributed by atoms with E-state index in [-0.39, 0.29) is 25.0 Å². The Bertz CT molecular complexity index is 795. The molecule has 6 nitrogen and oxygen atoms in total. The van der Waals surface area contributed by atoms with Gasteiger partial charge in [-0.25, -0.2) is 0 Å². The minimum Gasteiger partial charge on any atom is -0.481 e. The first-order chi connectivity index (χ1) is 13.6. The van der Waals surface area contributed by atoms with Crippen molar-refractivity contribution in [3.63, 3.8) is 0 Å². The van der Waals surface area contributed by atoms with Crippen LogP contribution < -0.4 is 5.32 Å². The lowest BCUT2D eigenvalue weighted by Crippen LogP contribution is -2.35. The SMILES string of the molecule is O=C(CCOC1CCOCC1)NCC(Cc1cccc2ccccc12)C(=O)O. The van der Waals surface area contributed by atoms with Gasteiger partial charge >= 0.3 is 5.97 Å². The molecule has 1 heterocycles. The van der Waals surface area contributed by atoms with Crippen molar-refractivity contribution in [1.82, 2.24) is 5.32 Å². The third kappa shape index (κ3) is 5.78. The molecule has 0 aromatic heterocycles. The largest absolute Gasteiger partial charge is 0.481 e. The normalized spacial score (nSPS) is 16.0. The number of hydrogen-bond acceptors (Lipinski definition) is 4. The second-order valence-electron chi connectivity index (χ2n) is 7.11. The second kappa shape index (κ2) is 10.2. The molecule has 2 aromatic rings. The van der Waals surface area contributed by atoms with Gasteiger partial charge in [0.25, 0.3) is 0 Å². The molecule has 1 fully saturated rings. The average Bonchev–Trinajstić information content (AvgIpc) is 2.71. The minimum absolute atomic E-state index is 0.106. The van der Waals surface area contributed by atoms with Crippen LogP contribution in [0, 0.1) is 5.92 Å². The summed E-state index contributed by atoms with van der Waals surface area (Å²) in [6, 6.07) is 13.8. The number of amides is 1. The number of rotatable bonds is 9. The van der Waals surface area contributed by atoms with Gasteiger partial charge in [0.05, 0.1) is 18.6 Å². The standard InChI is InChI=1S/C22H27NO5/c24-21(10-13-28-19-8-11-27-12-9-19)23-15-18(22(25)26)14-17-6-3-5-16-4-1-2-7-20(16)17/h1-7,18-19H,8-15H2,(H,23,24)(H,25,26). The Balaban J connectivity index is 1.49. The summed E-state index contributed by atoms with van der Waals surface area (Å²) in [6.07, 6.45) is 2.47. The fraction of sp³-hybridized carbons (Fsp3) is 0.455. The van der Waals surface area contributed by atoms with Gasteiger partial charge in [0.1, 0.15) is 0 Å². The number of carbonyl (C=O) groups is 2. The maximum atomic E-state index is 12.1. The van der Waals surface area contributed by atoms with Crippen molar-refractivity contribution in [1.29, 1.82) is 0 Å². The highest BCUT2D eigenvalue weighted by atomic mass is 16.5. The van der Waals surface area contributed by atoms with Gasteiger partial charge in [-0.05, 0) is 35.6 Å². The molecule has 2 N–H and O–H groups in total. The number of benzene rings is 2. The van der Waals surface area contributed by atoms with E-state index in [4.69, 9.17) is 9.47 Å². The van der Waals surface area contributed by atoms with Crippen LogP contribution in [-0.4, -0.2) is 49.5 Å². The van der Waals surface area contributed by atoms with Crippen molar-refractivity contribution in [3.05, 3.63) is 48.0 Å². The minimum atomic E-state index is -0.910. The highest BCUT2D eigenvalue weighted by Crippen LogP contribution is 2.21. The lowest BCUT2D eigenvalue weighted by molar-refractivity contribution is -0.141. The summed E-state index contributed by atoms with van der Waals surface area (Å²) < 4.78 is 11.0. The lowest BCUT2D eigenvalue weighted by Gasteiger charge is -2.22. The van der Waals surface area contributed by atoms with Crippen LogP contribution in [-0.2, 0) is 25.5 Å². The topological polar surface area (TPSA) is 84.9 Å². The summed E-state index contributed by atoms with van der Waals surface area (Å²) in [7, 11) is 0. The van der Waals surface area contributed by atoms with Crippen LogP contribution >= 0.6 is 0 Å². The molecular weight excluding hydrogens is 358 g/mol. The summed E-state index contributed by atoms with van der Waals surface area (Å²) in [6.45, 7) is 1.85. The van der Waals surface area contributed by atoms with Gasteiger partial charge in [0, 0.05) is 26.2 Å². The molecule has 3 rings (SSSR count). The van der Waals surface area contributed by atoms with Gasteiger partial charge in [-0.3, -0.25) is 9.59 Å². The molecule has 0 aliphatic carbocycles. The molecule has 150 valence electrons. The van der Waals surface area contributed by atoms with E-state index in [1.165, 1.54) is 0 Å². The third-order valence-electron chi connectivity index (χ3n) is 5.09. The Kier molecular flexibility index (Phi) is 7.39. The van der Waals surface area contributed by atoms with E-state index in [1.807, 2.05) is 42.5 Å². The number of carboxylic acids is 1. The van der Waals surface area contributed by atoms with Gasteiger partial charge in [-0.2, -0.15) is 0 Å². The summed E-state index contributed by atoms with van der Waals surface area (Å²) in [5.74, 6) is -1.77. The molecule has 1 atom stereocenters. The first kappa shape index (κ1) is 20.3. The quantitative estimate of drug-likeness (QED) is 0.693. The van der Waals surface area contributed by atoms with E-state index < -0.39 is 11.9 Å². The molecule has 28 heavy (non-hydrogen) atoms. The van der Waals surface area contributed by atoms with Gasteiger partial charge in [-0.15, -0.1) is 0 Å². The number of aliphatic carboxylic acids is 1. The van der Waals surface area contributed by atoms with E-state index >= 15 is 0 Å². The number of carboxylic acid groups (broad SMARTS) is 1. The average molecular weight is 385 g/mol. The maximum absolute atomic E-state index is 12.1. The van der Waals surface area contributed by atoms with E-state index in [0.29, 0.717) is 26.2 Å². The Morgan fingerprint density at radius 1 is 1.14 bits per heavy atom. The first-order valence-corrected chi connectivity index (χ1v) is 9.79. The van der Waals surface area contributed by atoms with E-state index in [2.05, 4.69) is 5.32 Å². The van der Waals surface area contributed by atoms with Crippen molar-refractivity contribution >= 4 is 22.6 Å². The summed E-state index contributed by atoms with van der Waals surface area (Å²) in [5.41, 5.74) is 0.975. The number of nitrogens with one attached hydrogen (secondary N) is 1. The zero-order chi connectivity index (χ0) is 19.8. The predicted octanol–water partition coefficient (Wildman–Crippen LogP) is 2.79. The van der Waals surface area contributed by atoms with Crippen LogP contribution in [0.5, 0.6) is 0 Å². The molecule has 2 aromatic carbocycles. The van der Waals surface area contributed by atoms with Crippen LogP contribution in [0.25, 0.3) is 10.8 Å². The highest BCUT2D eigenvalue weighted by molar-refractivity contribution is 5.86. The smallest absolute Gasteiger partial charge is 0.308 e. The van der Waals surface area contributed by atoms with Gasteiger partial charge in [0.15, 0.2) is 0 Å². The van der Waals surface area contributed by atoms with Crippen molar-refractivity contribution < 1.29 is 24.2 Å². The van der Waals surface area contributed by atoms with Crippen LogP contribution in [0.15, 0.2) is 42.5 Å². The molecule has 0 radical (unpaired) electrons. The predicted molar refractivity (Wildman–Crippen MR) is 106 cm³/mol. The summed E-state index contributed by atoms with van der Waals surface area (Å²) >= 11 is 0. The number of ether oxygens (including phenoxy) is 2. The van der Waals surface area contributed by atoms with E-state index in [1.54, 1.807) is 0 Å². The third-order valence-corrected chi connectivity index (χ3v) is 5.09. The first-order valence-electron chi connectivity index (χ1n) is 9.79. The number of carbonyl (C=O) groups excluding carboxylic acids is 1. The second-order valence-corrected chi connectivity index (χ2v) is 7.11. The molecule has 0 spiro atoms. The van der Waals surface area contributed by atoms with Crippen molar-refractivity contribution in [2.45, 2.75) is 31.8 Å². The summed E-state index contributed by atoms with van der Waals surface area (Å²) in [4.78, 5) is 23.8. The van der Waals surface area contributed by atoms with E-state index in [9.17, 15) is 14.7 Å². The Hall–Kier alpha value is -2.44. The number of fused-ring (bicyclic) bond motifs is 1. The van der Waals surface area contributed by atoms with Crippen molar-refractivity contribution in [2.75, 3.05) is 26.4 Å². The summed E-state index contributed by atoms with van der Waals surface area (Å²) in [5, 5.41) is 14.5. The van der Waals surface area contributed by atoms with Gasteiger partial charge < -0.3 is 19.9 Å². The highest BCUT2D eigenvalue weighted by Gasteiger charge is 2.20. The Morgan fingerprint density at radius 2 is 1.89 bits per heavy atom. The molecular formula is C22H27NO5. The molecule has 0 saturated carbocycles. The fourth-order valence-corrected chi connectivity index (χ4v) is 3.47. The molecule has 1 aliphatic heterocycles. The fourth-order valence-electron chi connectivity index (χ4n) is 3.47. The van der Waals surface area contributed by atoms with Gasteiger partial charge in [-0.1, -0.05) is 42.5 Å². The lowest BCUT2D eigenvalue weighted by atomic mass is 9.95. The zero-order valence-corrected chi connectivity index (χ0v) is 15.9. The number of hydrogen-bond donors (Lipinski definition) is 2. The molecule has 1 unspecified atom stereocenters. The Morgan fingerprint density at radius 3 is 2.68 bits per heavy atom. The molecule has 1 aliphatic rings. The van der Waals surface area contributed by atoms with E-state index in [0.717, 1.165) is 29.2 Å². The van der Waals surface area contributed by atoms with Crippen molar-refractivity contribution in [2.24, 2.45) is 5.92 Å². The maximum Gasteiger partial charge on any atom is 0.308 e. The zero-order valence-electron chi connectivity index (χ0n) is 15.9. The van der Waals surface area contributed by atoms with Gasteiger partial charge in [0.2, 0.25) is 5.91 Å². The molecule has 1 amide bonds. The monoisotopic (exact) mass is 385 g/mol. The van der Waals surface area contributed by atoms with Crippen LogP contribution in [0.3, 0.4) is 0 Å². The van der Waals surface area contributed by atoms with Crippen LogP contribution in [0.1, 0.15) is 24.8 Å².